The summed E-state index contributed by atoms with van der Waals surface area (Å²) in [6, 6.07) is 13.6. The van der Waals surface area contributed by atoms with Gasteiger partial charge in [-0.2, -0.15) is 5.26 Å². The van der Waals surface area contributed by atoms with Crippen LogP contribution in [0, 0.1) is 17.1 Å². The Morgan fingerprint density at radius 3 is 2.52 bits per heavy atom. The maximum absolute atomic E-state index is 12.9. The normalized spacial score (nSPS) is 11.7. The monoisotopic (exact) mass is 306 g/mol. The van der Waals surface area contributed by atoms with Crippen LogP contribution in [0.2, 0.25) is 0 Å². The van der Waals surface area contributed by atoms with Gasteiger partial charge in [-0.25, -0.2) is 9.37 Å². The summed E-state index contributed by atoms with van der Waals surface area (Å²) < 4.78 is 12.9. The van der Waals surface area contributed by atoms with Gasteiger partial charge in [0.05, 0.1) is 23.3 Å². The summed E-state index contributed by atoms with van der Waals surface area (Å²) in [7, 11) is 0. The molecule has 0 aliphatic heterocycles. The molecule has 0 aliphatic carbocycles. The summed E-state index contributed by atoms with van der Waals surface area (Å²) in [5.41, 5.74) is 1.89. The lowest BCUT2D eigenvalue weighted by Gasteiger charge is -2.11. The topological polar surface area (TPSA) is 78.7 Å². The SMILES string of the molecule is N#CC(NC(=O)c1cnc2ccccc2n1)c1ccc(F)cc1. The second-order valence-electron chi connectivity index (χ2n) is 4.83. The van der Waals surface area contributed by atoms with Crippen LogP contribution in [-0.4, -0.2) is 15.9 Å². The number of hydrogen-bond donors (Lipinski definition) is 1. The van der Waals surface area contributed by atoms with E-state index in [9.17, 15) is 14.4 Å². The van der Waals surface area contributed by atoms with Crippen LogP contribution in [0.25, 0.3) is 11.0 Å². The fraction of sp³-hybridized carbons (Fsp3) is 0.0588. The average molecular weight is 306 g/mol. The van der Waals surface area contributed by atoms with Crippen LogP contribution in [0.1, 0.15) is 22.1 Å². The predicted octanol–water partition coefficient (Wildman–Crippen LogP) is 2.76. The summed E-state index contributed by atoms with van der Waals surface area (Å²) in [5, 5.41) is 11.8. The van der Waals surface area contributed by atoms with Gasteiger partial charge < -0.3 is 5.32 Å². The number of carbonyl (C=O) groups excluding carboxylic acids is 1. The highest BCUT2D eigenvalue weighted by Crippen LogP contribution is 2.14. The molecule has 0 aliphatic rings. The van der Waals surface area contributed by atoms with Crippen molar-refractivity contribution in [1.29, 1.82) is 5.26 Å². The van der Waals surface area contributed by atoms with Crippen molar-refractivity contribution < 1.29 is 9.18 Å². The third kappa shape index (κ3) is 3.14. The Bertz CT molecular complexity index is 902. The van der Waals surface area contributed by atoms with Crippen molar-refractivity contribution in [2.24, 2.45) is 0 Å². The number of rotatable bonds is 3. The van der Waals surface area contributed by atoms with Gasteiger partial charge in [-0.05, 0) is 29.8 Å². The second-order valence-corrected chi connectivity index (χ2v) is 4.83. The van der Waals surface area contributed by atoms with Crippen LogP contribution in [-0.2, 0) is 0 Å². The Labute approximate surface area is 131 Å². The number of nitriles is 1. The molecule has 3 aromatic rings. The van der Waals surface area contributed by atoms with E-state index < -0.39 is 17.8 Å². The van der Waals surface area contributed by atoms with Gasteiger partial charge in [0, 0.05) is 0 Å². The molecular weight excluding hydrogens is 295 g/mol. The highest BCUT2D eigenvalue weighted by Gasteiger charge is 2.16. The fourth-order valence-electron chi connectivity index (χ4n) is 2.12. The van der Waals surface area contributed by atoms with Crippen molar-refractivity contribution in [3.63, 3.8) is 0 Å². The largest absolute Gasteiger partial charge is 0.331 e. The lowest BCUT2D eigenvalue weighted by molar-refractivity contribution is 0.0940. The lowest BCUT2D eigenvalue weighted by Crippen LogP contribution is -2.28. The molecule has 6 heteroatoms. The van der Waals surface area contributed by atoms with Crippen LogP contribution in [0.15, 0.2) is 54.7 Å². The molecule has 1 N–H and O–H groups in total. The maximum atomic E-state index is 12.9. The standard InChI is InChI=1S/C17H11FN4O/c18-12-7-5-11(6-8-12)15(9-19)22-17(23)16-10-20-13-3-1-2-4-14(13)21-16/h1-8,10,15H,(H,22,23). The third-order valence-corrected chi connectivity index (χ3v) is 3.29. The predicted molar refractivity (Wildman–Crippen MR) is 81.8 cm³/mol. The number of amides is 1. The number of benzene rings is 2. The smallest absolute Gasteiger partial charge is 0.272 e. The van der Waals surface area contributed by atoms with Gasteiger partial charge in [0.2, 0.25) is 0 Å². The average Bonchev–Trinajstić information content (AvgIpc) is 2.60. The minimum atomic E-state index is -0.892. The van der Waals surface area contributed by atoms with Crippen molar-refractivity contribution in [3.05, 3.63) is 71.8 Å². The zero-order chi connectivity index (χ0) is 16.2. The highest BCUT2D eigenvalue weighted by atomic mass is 19.1. The molecule has 5 nitrogen and oxygen atoms in total. The van der Waals surface area contributed by atoms with E-state index in [-0.39, 0.29) is 5.69 Å². The third-order valence-electron chi connectivity index (χ3n) is 3.29. The molecule has 3 rings (SSSR count). The molecule has 112 valence electrons. The van der Waals surface area contributed by atoms with Crippen LogP contribution < -0.4 is 5.32 Å². The summed E-state index contributed by atoms with van der Waals surface area (Å²) in [5.74, 6) is -0.920. The molecule has 0 radical (unpaired) electrons. The van der Waals surface area contributed by atoms with Crippen molar-refractivity contribution >= 4 is 16.9 Å². The number of nitrogens with one attached hydrogen (secondary N) is 1. The molecule has 0 saturated carbocycles. The number of hydrogen-bond acceptors (Lipinski definition) is 4. The van der Waals surface area contributed by atoms with Crippen molar-refractivity contribution in [2.45, 2.75) is 6.04 Å². The van der Waals surface area contributed by atoms with E-state index >= 15 is 0 Å². The van der Waals surface area contributed by atoms with Crippen LogP contribution in [0.3, 0.4) is 0 Å². The minimum absolute atomic E-state index is 0.117. The van der Waals surface area contributed by atoms with Crippen LogP contribution in [0.4, 0.5) is 4.39 Å². The Hall–Kier alpha value is -3.33. The Balaban J connectivity index is 1.83. The summed E-state index contributed by atoms with van der Waals surface area (Å²) in [6.45, 7) is 0. The molecule has 0 spiro atoms. The van der Waals surface area contributed by atoms with Gasteiger partial charge in [-0.1, -0.05) is 24.3 Å². The van der Waals surface area contributed by atoms with E-state index in [0.717, 1.165) is 0 Å². The number of para-hydroxylation sites is 2. The van der Waals surface area contributed by atoms with Gasteiger partial charge in [-0.3, -0.25) is 9.78 Å². The van der Waals surface area contributed by atoms with Crippen LogP contribution >= 0.6 is 0 Å². The van der Waals surface area contributed by atoms with Crippen molar-refractivity contribution in [3.8, 4) is 6.07 Å². The quantitative estimate of drug-likeness (QED) is 0.807. The zero-order valence-corrected chi connectivity index (χ0v) is 11.9. The summed E-state index contributed by atoms with van der Waals surface area (Å²) in [4.78, 5) is 20.6. The van der Waals surface area contributed by atoms with Gasteiger partial charge >= 0.3 is 0 Å². The zero-order valence-electron chi connectivity index (χ0n) is 11.9. The van der Waals surface area contributed by atoms with E-state index in [0.29, 0.717) is 16.6 Å². The number of aromatic nitrogens is 2. The highest BCUT2D eigenvalue weighted by molar-refractivity contribution is 5.94. The molecular formula is C17H11FN4O. The Morgan fingerprint density at radius 1 is 1.13 bits per heavy atom. The van der Waals surface area contributed by atoms with Gasteiger partial charge in [0.15, 0.2) is 0 Å². The Morgan fingerprint density at radius 2 is 1.83 bits per heavy atom. The molecule has 0 bridgehead atoms. The fourth-order valence-corrected chi connectivity index (χ4v) is 2.12. The first kappa shape index (κ1) is 14.6. The Kier molecular flexibility index (Phi) is 3.93. The first-order valence-electron chi connectivity index (χ1n) is 6.85. The molecule has 1 amide bonds. The van der Waals surface area contributed by atoms with Crippen molar-refractivity contribution in [2.75, 3.05) is 0 Å². The van der Waals surface area contributed by atoms with E-state index in [2.05, 4.69) is 15.3 Å². The molecule has 0 fully saturated rings. The molecule has 1 heterocycles. The van der Waals surface area contributed by atoms with Crippen molar-refractivity contribution in [1.82, 2.24) is 15.3 Å². The summed E-state index contributed by atoms with van der Waals surface area (Å²) >= 11 is 0. The van der Waals surface area contributed by atoms with Gasteiger partial charge in [0.25, 0.3) is 5.91 Å². The first-order valence-corrected chi connectivity index (χ1v) is 6.85. The molecule has 23 heavy (non-hydrogen) atoms. The molecule has 1 unspecified atom stereocenters. The van der Waals surface area contributed by atoms with E-state index in [1.165, 1.54) is 30.5 Å². The van der Waals surface area contributed by atoms with E-state index in [1.54, 1.807) is 18.2 Å². The van der Waals surface area contributed by atoms with Crippen LogP contribution in [0.5, 0.6) is 0 Å². The molecule has 1 aromatic heterocycles. The minimum Gasteiger partial charge on any atom is -0.331 e. The van der Waals surface area contributed by atoms with Gasteiger partial charge in [0.1, 0.15) is 17.6 Å². The lowest BCUT2D eigenvalue weighted by atomic mass is 10.1. The second kappa shape index (κ2) is 6.20. The molecule has 1 atom stereocenters. The number of halogens is 1. The number of fused-ring (bicyclic) bond motifs is 1. The molecule has 2 aromatic carbocycles. The maximum Gasteiger partial charge on any atom is 0.272 e. The van der Waals surface area contributed by atoms with Gasteiger partial charge in [-0.15, -0.1) is 0 Å². The van der Waals surface area contributed by atoms with E-state index in [4.69, 9.17) is 0 Å². The first-order chi connectivity index (χ1) is 11.2. The number of nitrogens with zero attached hydrogens (tertiary/aromatic N) is 3. The number of carbonyl (C=O) groups is 1. The molecule has 0 saturated heterocycles. The summed E-state index contributed by atoms with van der Waals surface area (Å²) in [6.07, 6.45) is 1.36. The van der Waals surface area contributed by atoms with E-state index in [1.807, 2.05) is 12.1 Å².